The molecule has 1 aliphatic rings. The molecule has 80 valence electrons. The van der Waals surface area contributed by atoms with Gasteiger partial charge in [-0.05, 0) is 30.6 Å². The first-order valence-electron chi connectivity index (χ1n) is 5.77. The van der Waals surface area contributed by atoms with Gasteiger partial charge in [0, 0.05) is 0 Å². The van der Waals surface area contributed by atoms with Gasteiger partial charge in [-0.15, -0.1) is 0 Å². The molecule has 0 unspecified atom stereocenters. The lowest BCUT2D eigenvalue weighted by molar-refractivity contribution is 0.403. The molecule has 0 heterocycles. The van der Waals surface area contributed by atoms with Gasteiger partial charge in [0.15, 0.2) is 0 Å². The highest BCUT2D eigenvalue weighted by Gasteiger charge is 2.15. The van der Waals surface area contributed by atoms with Crippen molar-refractivity contribution in [3.63, 3.8) is 0 Å². The summed E-state index contributed by atoms with van der Waals surface area (Å²) < 4.78 is 0. The zero-order valence-corrected chi connectivity index (χ0v) is 10.4. The maximum Gasteiger partial charge on any atom is -0.0257 e. The highest BCUT2D eigenvalue weighted by atomic mass is 14.2. The summed E-state index contributed by atoms with van der Waals surface area (Å²) in [5.41, 5.74) is 3.68. The molecule has 0 saturated heterocycles. The Kier molecular flexibility index (Phi) is 3.58. The van der Waals surface area contributed by atoms with E-state index < -0.39 is 0 Å². The molecule has 14 heavy (non-hydrogen) atoms. The van der Waals surface area contributed by atoms with Crippen LogP contribution in [0.1, 0.15) is 53.9 Å². The largest absolute Gasteiger partial charge is 0.0694 e. The van der Waals surface area contributed by atoms with Crippen LogP contribution >= 0.6 is 0 Å². The van der Waals surface area contributed by atoms with Gasteiger partial charge in [-0.1, -0.05) is 57.9 Å². The monoisotopic (exact) mass is 192 g/mol. The van der Waals surface area contributed by atoms with Gasteiger partial charge in [0.25, 0.3) is 0 Å². The molecule has 0 aromatic heterocycles. The SMILES string of the molecule is CC(C)C1=CC=C(CC(C)(C)C)CC1. The van der Waals surface area contributed by atoms with Crippen LogP contribution in [0.25, 0.3) is 0 Å². The Bertz CT molecular complexity index is 246. The molecule has 0 radical (unpaired) electrons. The van der Waals surface area contributed by atoms with Crippen molar-refractivity contribution in [2.24, 2.45) is 11.3 Å². The van der Waals surface area contributed by atoms with E-state index in [0.717, 1.165) is 5.92 Å². The lowest BCUT2D eigenvalue weighted by Gasteiger charge is -2.23. The van der Waals surface area contributed by atoms with E-state index in [0.29, 0.717) is 5.41 Å². The van der Waals surface area contributed by atoms with Crippen LogP contribution in [0, 0.1) is 11.3 Å². The standard InChI is InChI=1S/C14H24/c1-11(2)13-8-6-12(7-9-13)10-14(3,4)5/h6,8,11H,7,9-10H2,1-5H3. The van der Waals surface area contributed by atoms with Crippen LogP contribution in [-0.2, 0) is 0 Å². The summed E-state index contributed by atoms with van der Waals surface area (Å²) in [5.74, 6) is 0.724. The first-order valence-corrected chi connectivity index (χ1v) is 5.77. The minimum Gasteiger partial charge on any atom is -0.0694 e. The molecule has 0 saturated carbocycles. The summed E-state index contributed by atoms with van der Waals surface area (Å²) in [6.45, 7) is 11.5. The topological polar surface area (TPSA) is 0 Å². The third kappa shape index (κ3) is 3.69. The van der Waals surface area contributed by atoms with E-state index in [1.807, 2.05) is 0 Å². The zero-order chi connectivity index (χ0) is 10.8. The maximum atomic E-state index is 2.35. The van der Waals surface area contributed by atoms with Gasteiger partial charge in [0.1, 0.15) is 0 Å². The molecule has 0 aromatic carbocycles. The minimum absolute atomic E-state index is 0.439. The Morgan fingerprint density at radius 2 is 1.79 bits per heavy atom. The molecule has 1 rings (SSSR count). The molecular formula is C14H24. The summed E-state index contributed by atoms with van der Waals surface area (Å²) in [5, 5.41) is 0. The van der Waals surface area contributed by atoms with Gasteiger partial charge in [0.05, 0.1) is 0 Å². The number of hydrogen-bond donors (Lipinski definition) is 0. The van der Waals surface area contributed by atoms with E-state index in [-0.39, 0.29) is 0 Å². The molecule has 0 amide bonds. The van der Waals surface area contributed by atoms with Crippen molar-refractivity contribution < 1.29 is 0 Å². The third-order valence-electron chi connectivity index (χ3n) is 2.77. The predicted molar refractivity (Wildman–Crippen MR) is 64.3 cm³/mol. The molecule has 0 heteroatoms. The van der Waals surface area contributed by atoms with Gasteiger partial charge in [-0.25, -0.2) is 0 Å². The molecule has 0 aromatic rings. The third-order valence-corrected chi connectivity index (χ3v) is 2.77. The van der Waals surface area contributed by atoms with Crippen LogP contribution < -0.4 is 0 Å². The molecule has 0 N–H and O–H groups in total. The minimum atomic E-state index is 0.439. The quantitative estimate of drug-likeness (QED) is 0.593. The molecule has 0 spiro atoms. The Hall–Kier alpha value is -0.520. The van der Waals surface area contributed by atoms with E-state index in [2.05, 4.69) is 46.8 Å². The smallest absolute Gasteiger partial charge is 0.0257 e. The predicted octanol–water partition coefficient (Wildman–Crippen LogP) is 4.73. The van der Waals surface area contributed by atoms with Crippen LogP contribution in [0.3, 0.4) is 0 Å². The summed E-state index contributed by atoms with van der Waals surface area (Å²) in [6.07, 6.45) is 8.50. The van der Waals surface area contributed by atoms with Gasteiger partial charge in [-0.3, -0.25) is 0 Å². The summed E-state index contributed by atoms with van der Waals surface area (Å²) in [7, 11) is 0. The van der Waals surface area contributed by atoms with Crippen molar-refractivity contribution in [2.45, 2.75) is 53.9 Å². The van der Waals surface area contributed by atoms with E-state index in [9.17, 15) is 0 Å². The average Bonchev–Trinajstić information content (AvgIpc) is 2.02. The van der Waals surface area contributed by atoms with Crippen molar-refractivity contribution in [1.29, 1.82) is 0 Å². The number of rotatable bonds is 2. The number of hydrogen-bond acceptors (Lipinski definition) is 0. The summed E-state index contributed by atoms with van der Waals surface area (Å²) >= 11 is 0. The first kappa shape index (κ1) is 11.6. The fourth-order valence-corrected chi connectivity index (χ4v) is 2.01. The van der Waals surface area contributed by atoms with Crippen molar-refractivity contribution >= 4 is 0 Å². The molecule has 0 fully saturated rings. The highest BCUT2D eigenvalue weighted by Crippen LogP contribution is 2.31. The molecular weight excluding hydrogens is 168 g/mol. The fourth-order valence-electron chi connectivity index (χ4n) is 2.01. The molecule has 1 aliphatic carbocycles. The van der Waals surface area contributed by atoms with Crippen LogP contribution in [0.15, 0.2) is 23.3 Å². The molecule has 0 nitrogen and oxygen atoms in total. The Labute approximate surface area is 89.1 Å². The Balaban J connectivity index is 2.60. The van der Waals surface area contributed by atoms with E-state index in [1.54, 1.807) is 11.1 Å². The van der Waals surface area contributed by atoms with Gasteiger partial charge in [0.2, 0.25) is 0 Å². The van der Waals surface area contributed by atoms with Crippen LogP contribution in [0.5, 0.6) is 0 Å². The molecule has 0 bridgehead atoms. The first-order chi connectivity index (χ1) is 6.38. The maximum absolute atomic E-state index is 2.35. The average molecular weight is 192 g/mol. The van der Waals surface area contributed by atoms with Crippen LogP contribution in [0.2, 0.25) is 0 Å². The van der Waals surface area contributed by atoms with E-state index in [4.69, 9.17) is 0 Å². The van der Waals surface area contributed by atoms with Crippen molar-refractivity contribution in [2.75, 3.05) is 0 Å². The van der Waals surface area contributed by atoms with E-state index in [1.165, 1.54) is 19.3 Å². The van der Waals surface area contributed by atoms with Crippen LogP contribution in [-0.4, -0.2) is 0 Å². The highest BCUT2D eigenvalue weighted by molar-refractivity contribution is 5.25. The van der Waals surface area contributed by atoms with Gasteiger partial charge in [-0.2, -0.15) is 0 Å². The second kappa shape index (κ2) is 4.33. The zero-order valence-electron chi connectivity index (χ0n) is 10.4. The summed E-state index contributed by atoms with van der Waals surface area (Å²) in [6, 6.07) is 0. The van der Waals surface area contributed by atoms with Crippen molar-refractivity contribution in [3.05, 3.63) is 23.3 Å². The molecule has 0 atom stereocenters. The molecule has 0 aliphatic heterocycles. The van der Waals surface area contributed by atoms with Crippen LogP contribution in [0.4, 0.5) is 0 Å². The Morgan fingerprint density at radius 1 is 1.14 bits per heavy atom. The second-order valence-corrected chi connectivity index (χ2v) is 5.96. The van der Waals surface area contributed by atoms with Crippen molar-refractivity contribution in [1.82, 2.24) is 0 Å². The Morgan fingerprint density at radius 3 is 2.14 bits per heavy atom. The number of allylic oxidation sites excluding steroid dienone is 4. The van der Waals surface area contributed by atoms with Gasteiger partial charge >= 0.3 is 0 Å². The fraction of sp³-hybridized carbons (Fsp3) is 0.714. The normalized spacial score (nSPS) is 18.1. The van der Waals surface area contributed by atoms with Gasteiger partial charge < -0.3 is 0 Å². The van der Waals surface area contributed by atoms with E-state index >= 15 is 0 Å². The second-order valence-electron chi connectivity index (χ2n) is 5.96. The lowest BCUT2D eigenvalue weighted by Crippen LogP contribution is -2.08. The summed E-state index contributed by atoms with van der Waals surface area (Å²) in [4.78, 5) is 0. The lowest BCUT2D eigenvalue weighted by atomic mass is 9.82. The van der Waals surface area contributed by atoms with Crippen molar-refractivity contribution in [3.8, 4) is 0 Å².